The number of benzene rings is 2. The van der Waals surface area contributed by atoms with Crippen molar-refractivity contribution in [2.75, 3.05) is 26.1 Å². The summed E-state index contributed by atoms with van der Waals surface area (Å²) in [5.41, 5.74) is 1.31. The van der Waals surface area contributed by atoms with E-state index < -0.39 is 0 Å². The molecule has 3 aromatic rings. The fourth-order valence-electron chi connectivity index (χ4n) is 2.69. The van der Waals surface area contributed by atoms with Gasteiger partial charge in [0, 0.05) is 0 Å². The number of methoxy groups -OCH3 is 2. The maximum atomic E-state index is 12.2. The van der Waals surface area contributed by atoms with Gasteiger partial charge in [0.2, 0.25) is 0 Å². The van der Waals surface area contributed by atoms with Crippen molar-refractivity contribution in [1.82, 2.24) is 0 Å². The summed E-state index contributed by atoms with van der Waals surface area (Å²) >= 11 is 7.10. The van der Waals surface area contributed by atoms with E-state index in [0.717, 1.165) is 5.56 Å². The van der Waals surface area contributed by atoms with Crippen molar-refractivity contribution in [2.45, 2.75) is 0 Å². The number of nitrogens with one attached hydrogen (secondary N) is 1. The molecule has 0 bridgehead atoms. The summed E-state index contributed by atoms with van der Waals surface area (Å²) in [6, 6.07) is 15.6. The molecule has 0 saturated carbocycles. The number of carbonyl (C=O) groups excluding carboxylic acids is 2. The predicted octanol–water partition coefficient (Wildman–Crippen LogP) is 5.33. The highest BCUT2D eigenvalue weighted by Crippen LogP contribution is 2.29. The van der Waals surface area contributed by atoms with Gasteiger partial charge in [0.05, 0.1) is 29.1 Å². The molecule has 1 amide bonds. The third-order valence-corrected chi connectivity index (χ3v) is 5.42. The Morgan fingerprint density at radius 1 is 1.00 bits per heavy atom. The summed E-state index contributed by atoms with van der Waals surface area (Å²) in [6.07, 6.45) is 3.15. The number of halogens is 1. The molecule has 3 rings (SSSR count). The predicted molar refractivity (Wildman–Crippen MR) is 123 cm³/mol. The molecule has 2 aromatic carbocycles. The number of hydrogen-bond acceptors (Lipinski definition) is 6. The summed E-state index contributed by atoms with van der Waals surface area (Å²) in [5, 5.41) is 2.74. The van der Waals surface area contributed by atoms with Crippen LogP contribution in [-0.2, 0) is 4.79 Å². The van der Waals surface area contributed by atoms with E-state index >= 15 is 0 Å². The molecule has 0 unspecified atom stereocenters. The Morgan fingerprint density at radius 3 is 2.48 bits per heavy atom. The van der Waals surface area contributed by atoms with Crippen LogP contribution in [0.25, 0.3) is 6.08 Å². The summed E-state index contributed by atoms with van der Waals surface area (Å²) in [6.45, 7) is -0.207. The fourth-order valence-corrected chi connectivity index (χ4v) is 3.65. The topological polar surface area (TPSA) is 73.9 Å². The number of para-hydroxylation sites is 2. The Hall–Kier alpha value is -3.29. The van der Waals surface area contributed by atoms with Crippen LogP contribution in [0.2, 0.25) is 4.34 Å². The second-order valence-corrected chi connectivity index (χ2v) is 7.96. The maximum absolute atomic E-state index is 12.2. The van der Waals surface area contributed by atoms with Crippen molar-refractivity contribution >= 4 is 46.4 Å². The molecule has 0 aliphatic rings. The zero-order valence-electron chi connectivity index (χ0n) is 16.9. The number of amides is 1. The molecule has 0 radical (unpaired) electrons. The minimum Gasteiger partial charge on any atom is -0.495 e. The van der Waals surface area contributed by atoms with E-state index in [1.165, 1.54) is 31.6 Å². The van der Waals surface area contributed by atoms with Gasteiger partial charge in [0.25, 0.3) is 5.91 Å². The number of hydrogen-bond donors (Lipinski definition) is 1. The molecule has 1 N–H and O–H groups in total. The van der Waals surface area contributed by atoms with E-state index in [4.69, 9.17) is 25.8 Å². The minimum absolute atomic E-state index is 0.135. The molecule has 1 aromatic heterocycles. The maximum Gasteiger partial charge on any atom is 0.262 e. The van der Waals surface area contributed by atoms with Crippen LogP contribution >= 0.6 is 22.9 Å². The normalized spacial score (nSPS) is 10.7. The smallest absolute Gasteiger partial charge is 0.262 e. The monoisotopic (exact) mass is 457 g/mol. The molecule has 0 aliphatic heterocycles. The van der Waals surface area contributed by atoms with Crippen LogP contribution in [0.1, 0.15) is 15.2 Å². The van der Waals surface area contributed by atoms with Crippen molar-refractivity contribution < 1.29 is 23.8 Å². The average molecular weight is 458 g/mol. The number of rotatable bonds is 9. The van der Waals surface area contributed by atoms with Gasteiger partial charge in [-0.3, -0.25) is 9.59 Å². The minimum atomic E-state index is -0.337. The molecule has 8 heteroatoms. The Kier molecular flexibility index (Phi) is 7.70. The number of carbonyl (C=O) groups is 2. The fraction of sp³-hybridized carbons (Fsp3) is 0.130. The van der Waals surface area contributed by atoms with Gasteiger partial charge in [-0.2, -0.15) is 0 Å². The van der Waals surface area contributed by atoms with Gasteiger partial charge in [-0.25, -0.2) is 0 Å². The standard InChI is InChI=1S/C23H20ClNO5S/c1-28-18-6-4-3-5-16(18)25-23(27)14-30-19-10-8-15(13-20(19)29-2)7-9-17(26)21-11-12-22(24)31-21/h3-13H,14H2,1-2H3,(H,25,27)/b9-7+. The van der Waals surface area contributed by atoms with Crippen molar-refractivity contribution in [2.24, 2.45) is 0 Å². The SMILES string of the molecule is COc1ccccc1NC(=O)COc1ccc(/C=C/C(=O)c2ccc(Cl)s2)cc1OC. The first kappa shape index (κ1) is 22.4. The van der Waals surface area contributed by atoms with E-state index in [-0.39, 0.29) is 18.3 Å². The number of ether oxygens (including phenoxy) is 3. The molecular weight excluding hydrogens is 438 g/mol. The van der Waals surface area contributed by atoms with Crippen molar-refractivity contribution in [3.05, 3.63) is 75.5 Å². The van der Waals surface area contributed by atoms with Gasteiger partial charge in [-0.15, -0.1) is 11.3 Å². The van der Waals surface area contributed by atoms with E-state index in [1.807, 2.05) is 6.07 Å². The molecule has 0 atom stereocenters. The Morgan fingerprint density at radius 2 is 1.77 bits per heavy atom. The van der Waals surface area contributed by atoms with Crippen molar-refractivity contribution in [3.8, 4) is 17.2 Å². The second kappa shape index (κ2) is 10.7. The highest BCUT2D eigenvalue weighted by Gasteiger charge is 2.11. The zero-order valence-corrected chi connectivity index (χ0v) is 18.5. The average Bonchev–Trinajstić information content (AvgIpc) is 3.23. The molecule has 0 aliphatic carbocycles. The first-order chi connectivity index (χ1) is 15.0. The van der Waals surface area contributed by atoms with Crippen LogP contribution in [0.5, 0.6) is 17.2 Å². The van der Waals surface area contributed by atoms with Crippen LogP contribution in [0.3, 0.4) is 0 Å². The van der Waals surface area contributed by atoms with Crippen molar-refractivity contribution in [3.63, 3.8) is 0 Å². The molecule has 6 nitrogen and oxygen atoms in total. The first-order valence-corrected chi connectivity index (χ1v) is 10.4. The number of ketones is 1. The number of thiophene rings is 1. The lowest BCUT2D eigenvalue weighted by Crippen LogP contribution is -2.20. The molecule has 0 fully saturated rings. The largest absolute Gasteiger partial charge is 0.495 e. The third-order valence-electron chi connectivity index (χ3n) is 4.17. The van der Waals surface area contributed by atoms with Crippen LogP contribution in [0.15, 0.2) is 60.7 Å². The highest BCUT2D eigenvalue weighted by molar-refractivity contribution is 7.18. The van der Waals surface area contributed by atoms with Gasteiger partial charge < -0.3 is 19.5 Å². The molecule has 31 heavy (non-hydrogen) atoms. The van der Waals surface area contributed by atoms with Gasteiger partial charge in [-0.05, 0) is 48.0 Å². The van der Waals surface area contributed by atoms with Gasteiger partial charge >= 0.3 is 0 Å². The zero-order chi connectivity index (χ0) is 22.2. The third kappa shape index (κ3) is 6.10. The molecule has 1 heterocycles. The van der Waals surface area contributed by atoms with Crippen LogP contribution in [0, 0.1) is 0 Å². The molecule has 160 valence electrons. The summed E-state index contributed by atoms with van der Waals surface area (Å²) in [4.78, 5) is 25.0. The van der Waals surface area contributed by atoms with Crippen molar-refractivity contribution in [1.29, 1.82) is 0 Å². The van der Waals surface area contributed by atoms with E-state index in [1.54, 1.807) is 54.6 Å². The van der Waals surface area contributed by atoms with Crippen LogP contribution < -0.4 is 19.5 Å². The summed E-state index contributed by atoms with van der Waals surface area (Å²) in [5.74, 6) is 0.939. The summed E-state index contributed by atoms with van der Waals surface area (Å²) < 4.78 is 16.7. The number of anilines is 1. The molecule has 0 saturated heterocycles. The highest BCUT2D eigenvalue weighted by atomic mass is 35.5. The first-order valence-electron chi connectivity index (χ1n) is 9.21. The Labute approximate surface area is 189 Å². The lowest BCUT2D eigenvalue weighted by molar-refractivity contribution is -0.118. The quantitative estimate of drug-likeness (QED) is 0.347. The van der Waals surface area contributed by atoms with E-state index in [0.29, 0.717) is 32.1 Å². The molecule has 0 spiro atoms. The summed E-state index contributed by atoms with van der Waals surface area (Å²) in [7, 11) is 3.04. The van der Waals surface area contributed by atoms with E-state index in [2.05, 4.69) is 5.32 Å². The van der Waals surface area contributed by atoms with Gasteiger partial charge in [0.1, 0.15) is 5.75 Å². The lowest BCUT2D eigenvalue weighted by atomic mass is 10.1. The van der Waals surface area contributed by atoms with Crippen LogP contribution in [0.4, 0.5) is 5.69 Å². The van der Waals surface area contributed by atoms with Crippen LogP contribution in [-0.4, -0.2) is 32.5 Å². The molecular formula is C23H20ClNO5S. The lowest BCUT2D eigenvalue weighted by Gasteiger charge is -2.12. The van der Waals surface area contributed by atoms with E-state index in [9.17, 15) is 9.59 Å². The van der Waals surface area contributed by atoms with Gasteiger partial charge in [0.15, 0.2) is 23.9 Å². The van der Waals surface area contributed by atoms with Gasteiger partial charge in [-0.1, -0.05) is 35.9 Å². The Bertz CT molecular complexity index is 1110. The Balaban J connectivity index is 1.62. The second-order valence-electron chi connectivity index (χ2n) is 6.25. The number of allylic oxidation sites excluding steroid dienone is 1.